The van der Waals surface area contributed by atoms with Gasteiger partial charge in [0, 0.05) is 19.2 Å². The minimum absolute atomic E-state index is 0.0522. The van der Waals surface area contributed by atoms with Gasteiger partial charge in [0.2, 0.25) is 11.8 Å². The molecule has 184 valence electrons. The third kappa shape index (κ3) is 8.97. The standard InChI is InChI=1S/C22H33N3O8/c1-6-32-17(28)11-12-23-19(29)18(14-9-7-8-10-16(14)27)25(5)20(30)15(13-26)24-21(31)33-22(2,3)4/h7-10,15,18,26-27H,6,11-13H2,1-5H3,(H,23,29)(H,24,31). The van der Waals surface area contributed by atoms with E-state index in [0.29, 0.717) is 0 Å². The molecule has 1 aromatic rings. The fraction of sp³-hybridized carbons (Fsp3) is 0.545. The van der Waals surface area contributed by atoms with Gasteiger partial charge in [0.25, 0.3) is 0 Å². The van der Waals surface area contributed by atoms with Crippen LogP contribution < -0.4 is 10.6 Å². The normalized spacial score (nSPS) is 12.8. The van der Waals surface area contributed by atoms with Crippen LogP contribution in [0.15, 0.2) is 24.3 Å². The Morgan fingerprint density at radius 1 is 1.15 bits per heavy atom. The first kappa shape index (κ1) is 27.7. The van der Waals surface area contributed by atoms with Gasteiger partial charge in [-0.15, -0.1) is 0 Å². The summed E-state index contributed by atoms with van der Waals surface area (Å²) in [6, 6.07) is 3.24. The number of carbonyl (C=O) groups is 4. The number of esters is 1. The van der Waals surface area contributed by atoms with E-state index in [1.54, 1.807) is 39.8 Å². The van der Waals surface area contributed by atoms with Crippen molar-refractivity contribution >= 4 is 23.9 Å². The number of alkyl carbamates (subject to hydrolysis) is 1. The summed E-state index contributed by atoms with van der Waals surface area (Å²) >= 11 is 0. The smallest absolute Gasteiger partial charge is 0.408 e. The van der Waals surface area contributed by atoms with Crippen molar-refractivity contribution in [3.05, 3.63) is 29.8 Å². The van der Waals surface area contributed by atoms with Gasteiger partial charge in [0.05, 0.1) is 19.6 Å². The van der Waals surface area contributed by atoms with Crippen molar-refractivity contribution in [2.24, 2.45) is 0 Å². The van der Waals surface area contributed by atoms with E-state index in [9.17, 15) is 29.4 Å². The highest BCUT2D eigenvalue weighted by Crippen LogP contribution is 2.28. The van der Waals surface area contributed by atoms with Crippen molar-refractivity contribution in [1.29, 1.82) is 0 Å². The van der Waals surface area contributed by atoms with Crippen LogP contribution in [-0.2, 0) is 23.9 Å². The zero-order valence-electron chi connectivity index (χ0n) is 19.6. The average molecular weight is 468 g/mol. The maximum Gasteiger partial charge on any atom is 0.408 e. The molecule has 2 unspecified atom stereocenters. The molecule has 0 bridgehead atoms. The number of aromatic hydroxyl groups is 1. The monoisotopic (exact) mass is 467 g/mol. The lowest BCUT2D eigenvalue weighted by atomic mass is 10.0. The molecule has 0 spiro atoms. The van der Waals surface area contributed by atoms with Crippen LogP contribution >= 0.6 is 0 Å². The Kier molecular flexibility index (Phi) is 10.6. The molecule has 0 aromatic heterocycles. The Morgan fingerprint density at radius 2 is 1.79 bits per heavy atom. The Bertz CT molecular complexity index is 837. The lowest BCUT2D eigenvalue weighted by Crippen LogP contribution is -2.53. The SMILES string of the molecule is CCOC(=O)CCNC(=O)C(c1ccccc1O)N(C)C(=O)C(CO)NC(=O)OC(C)(C)C. The lowest BCUT2D eigenvalue weighted by molar-refractivity contribution is -0.144. The van der Waals surface area contributed by atoms with Crippen LogP contribution in [0.2, 0.25) is 0 Å². The molecular weight excluding hydrogens is 434 g/mol. The van der Waals surface area contributed by atoms with Crippen LogP contribution in [0.5, 0.6) is 5.75 Å². The van der Waals surface area contributed by atoms with Gasteiger partial charge in [-0.25, -0.2) is 4.79 Å². The van der Waals surface area contributed by atoms with Gasteiger partial charge in [-0.3, -0.25) is 14.4 Å². The minimum atomic E-state index is -1.40. The molecule has 1 rings (SSSR count). The summed E-state index contributed by atoms with van der Waals surface area (Å²) in [7, 11) is 1.30. The third-order valence-corrected chi connectivity index (χ3v) is 4.32. The number of aliphatic hydroxyl groups is 1. The molecular formula is C22H33N3O8. The number of aliphatic hydroxyl groups excluding tert-OH is 1. The molecule has 2 atom stereocenters. The predicted molar refractivity (Wildman–Crippen MR) is 118 cm³/mol. The minimum Gasteiger partial charge on any atom is -0.508 e. The molecule has 0 heterocycles. The Morgan fingerprint density at radius 3 is 2.33 bits per heavy atom. The summed E-state index contributed by atoms with van der Waals surface area (Å²) in [5.41, 5.74) is -0.702. The van der Waals surface area contributed by atoms with Crippen LogP contribution in [-0.4, -0.2) is 77.4 Å². The van der Waals surface area contributed by atoms with E-state index < -0.39 is 48.2 Å². The summed E-state index contributed by atoms with van der Waals surface area (Å²) in [5.74, 6) is -2.20. The molecule has 11 nitrogen and oxygen atoms in total. The molecule has 11 heteroatoms. The first-order valence-corrected chi connectivity index (χ1v) is 10.5. The summed E-state index contributed by atoms with van der Waals surface area (Å²) < 4.78 is 9.93. The van der Waals surface area contributed by atoms with Crippen LogP contribution in [0, 0.1) is 0 Å². The Balaban J connectivity index is 3.07. The number of rotatable bonds is 10. The molecule has 1 aromatic carbocycles. The van der Waals surface area contributed by atoms with Crippen LogP contribution in [0.1, 0.15) is 45.7 Å². The quantitative estimate of drug-likeness (QED) is 0.369. The molecule has 0 aliphatic rings. The van der Waals surface area contributed by atoms with Gasteiger partial charge in [0.1, 0.15) is 23.4 Å². The highest BCUT2D eigenvalue weighted by atomic mass is 16.6. The summed E-state index contributed by atoms with van der Waals surface area (Å²) in [4.78, 5) is 50.6. The molecule has 0 fully saturated rings. The van der Waals surface area contributed by atoms with E-state index in [4.69, 9.17) is 9.47 Å². The van der Waals surface area contributed by atoms with Gasteiger partial charge >= 0.3 is 12.1 Å². The van der Waals surface area contributed by atoms with Crippen molar-refractivity contribution in [3.63, 3.8) is 0 Å². The largest absolute Gasteiger partial charge is 0.508 e. The number of nitrogens with zero attached hydrogens (tertiary/aromatic N) is 1. The maximum absolute atomic E-state index is 13.0. The second-order valence-electron chi connectivity index (χ2n) is 8.14. The first-order valence-electron chi connectivity index (χ1n) is 10.5. The van der Waals surface area contributed by atoms with Crippen molar-refractivity contribution in [3.8, 4) is 5.75 Å². The van der Waals surface area contributed by atoms with Crippen LogP contribution in [0.3, 0.4) is 0 Å². The molecule has 33 heavy (non-hydrogen) atoms. The van der Waals surface area contributed by atoms with E-state index in [-0.39, 0.29) is 30.9 Å². The Hall–Kier alpha value is -3.34. The fourth-order valence-corrected chi connectivity index (χ4v) is 2.87. The van der Waals surface area contributed by atoms with Gasteiger partial charge in [-0.2, -0.15) is 0 Å². The number of phenols is 1. The zero-order valence-corrected chi connectivity index (χ0v) is 19.6. The number of hydrogen-bond acceptors (Lipinski definition) is 8. The number of ether oxygens (including phenoxy) is 2. The van der Waals surface area contributed by atoms with Crippen molar-refractivity contribution in [2.45, 2.75) is 51.8 Å². The lowest BCUT2D eigenvalue weighted by Gasteiger charge is -2.31. The zero-order chi connectivity index (χ0) is 25.2. The van der Waals surface area contributed by atoms with Gasteiger partial charge < -0.3 is 35.2 Å². The second kappa shape index (κ2) is 12.6. The van der Waals surface area contributed by atoms with E-state index in [0.717, 1.165) is 4.90 Å². The molecule has 4 N–H and O–H groups in total. The van der Waals surface area contributed by atoms with Gasteiger partial charge in [-0.05, 0) is 33.8 Å². The molecule has 0 radical (unpaired) electrons. The summed E-state index contributed by atoms with van der Waals surface area (Å²) in [6.07, 6.45) is -0.995. The number of benzene rings is 1. The van der Waals surface area contributed by atoms with Crippen LogP contribution in [0.4, 0.5) is 4.79 Å². The average Bonchev–Trinajstić information content (AvgIpc) is 2.72. The molecule has 0 aliphatic heterocycles. The summed E-state index contributed by atoms with van der Waals surface area (Å²) in [6.45, 7) is 5.99. The van der Waals surface area contributed by atoms with Crippen LogP contribution in [0.25, 0.3) is 0 Å². The number of amides is 3. The molecule has 0 saturated carbocycles. The number of phenolic OH excluding ortho intramolecular Hbond substituents is 1. The third-order valence-electron chi connectivity index (χ3n) is 4.32. The van der Waals surface area contributed by atoms with E-state index >= 15 is 0 Å². The number of likely N-dealkylation sites (N-methyl/N-ethyl adjacent to an activating group) is 1. The van der Waals surface area contributed by atoms with Crippen molar-refractivity contribution in [2.75, 3.05) is 26.8 Å². The first-order chi connectivity index (χ1) is 15.4. The van der Waals surface area contributed by atoms with Gasteiger partial charge in [-0.1, -0.05) is 18.2 Å². The number of hydrogen-bond donors (Lipinski definition) is 4. The van der Waals surface area contributed by atoms with Gasteiger partial charge in [0.15, 0.2) is 0 Å². The fourth-order valence-electron chi connectivity index (χ4n) is 2.87. The van der Waals surface area contributed by atoms with E-state index in [1.165, 1.54) is 19.2 Å². The van der Waals surface area contributed by atoms with E-state index in [2.05, 4.69) is 10.6 Å². The molecule has 0 saturated heterocycles. The summed E-state index contributed by atoms with van der Waals surface area (Å²) in [5, 5.41) is 24.8. The number of carbonyl (C=O) groups excluding carboxylic acids is 4. The number of nitrogens with one attached hydrogen (secondary N) is 2. The Labute approximate surface area is 193 Å². The van der Waals surface area contributed by atoms with E-state index in [1.807, 2.05) is 0 Å². The topological polar surface area (TPSA) is 154 Å². The van der Waals surface area contributed by atoms with Crippen molar-refractivity contribution in [1.82, 2.24) is 15.5 Å². The highest BCUT2D eigenvalue weighted by molar-refractivity contribution is 5.92. The maximum atomic E-state index is 13.0. The predicted octanol–water partition coefficient (Wildman–Crippen LogP) is 0.847. The van der Waals surface area contributed by atoms with Crippen molar-refractivity contribution < 1.29 is 38.9 Å². The highest BCUT2D eigenvalue weighted by Gasteiger charge is 2.35. The molecule has 0 aliphatic carbocycles. The number of para-hydroxylation sites is 1. The second-order valence-corrected chi connectivity index (χ2v) is 8.14. The molecule has 3 amide bonds.